The van der Waals surface area contributed by atoms with Crippen LogP contribution in [0.5, 0.6) is 0 Å². The summed E-state index contributed by atoms with van der Waals surface area (Å²) in [6.45, 7) is 11.7. The second-order valence-corrected chi connectivity index (χ2v) is 4.35. The summed E-state index contributed by atoms with van der Waals surface area (Å²) in [6.07, 6.45) is 6.12. The minimum atomic E-state index is -0.403. The molecule has 0 atom stereocenters. The average Bonchev–Trinajstić information content (AvgIpc) is 3.25. The van der Waals surface area contributed by atoms with Gasteiger partial charge in [-0.25, -0.2) is 0 Å². The summed E-state index contributed by atoms with van der Waals surface area (Å²) in [5, 5.41) is 10.3. The molecule has 0 unspecified atom stereocenters. The summed E-state index contributed by atoms with van der Waals surface area (Å²) in [7, 11) is 0. The molecule has 1 aromatic rings. The van der Waals surface area contributed by atoms with E-state index in [1.54, 1.807) is 12.1 Å². The third-order valence-corrected chi connectivity index (χ3v) is 2.96. The van der Waals surface area contributed by atoms with Gasteiger partial charge in [-0.2, -0.15) is 0 Å². The Hall–Kier alpha value is -1.64. The minimum Gasteiger partial charge on any atom is -0.258 e. The van der Waals surface area contributed by atoms with Gasteiger partial charge in [0.1, 0.15) is 0 Å². The molecule has 0 aliphatic heterocycles. The number of hydrogen-bond acceptors (Lipinski definition) is 2. The fourth-order valence-corrected chi connectivity index (χ4v) is 1.53. The number of hydrogen-bond donors (Lipinski definition) is 0. The third-order valence-electron chi connectivity index (χ3n) is 2.96. The zero-order valence-electron chi connectivity index (χ0n) is 12.5. The molecule has 0 bridgehead atoms. The van der Waals surface area contributed by atoms with E-state index in [9.17, 15) is 10.1 Å². The molecule has 0 aromatic heterocycles. The van der Waals surface area contributed by atoms with Crippen LogP contribution in [-0.2, 0) is 0 Å². The van der Waals surface area contributed by atoms with Crippen molar-refractivity contribution in [2.75, 3.05) is 0 Å². The lowest BCUT2D eigenvalue weighted by atomic mass is 10.1. The van der Waals surface area contributed by atoms with E-state index < -0.39 is 4.92 Å². The highest BCUT2D eigenvalue weighted by Crippen LogP contribution is 2.31. The van der Waals surface area contributed by atoms with Crippen LogP contribution in [0.25, 0.3) is 6.08 Å². The lowest BCUT2D eigenvalue weighted by molar-refractivity contribution is -0.384. The third kappa shape index (κ3) is 6.75. The average molecular weight is 263 g/mol. The van der Waals surface area contributed by atoms with Gasteiger partial charge in [0.05, 0.1) is 4.92 Å². The topological polar surface area (TPSA) is 43.1 Å². The molecule has 19 heavy (non-hydrogen) atoms. The Morgan fingerprint density at radius 1 is 1.42 bits per heavy atom. The molecule has 2 rings (SSSR count). The van der Waals surface area contributed by atoms with Gasteiger partial charge in [0.25, 0.3) is 5.69 Å². The van der Waals surface area contributed by atoms with Gasteiger partial charge in [-0.05, 0) is 30.0 Å². The number of rotatable bonds is 3. The van der Waals surface area contributed by atoms with E-state index in [0.717, 1.165) is 17.0 Å². The quantitative estimate of drug-likeness (QED) is 0.543. The highest BCUT2D eigenvalue weighted by Gasteiger charge is 2.17. The van der Waals surface area contributed by atoms with Gasteiger partial charge >= 0.3 is 0 Å². The molecule has 0 N–H and O–H groups in total. The summed E-state index contributed by atoms with van der Waals surface area (Å²) in [4.78, 5) is 9.93. The van der Waals surface area contributed by atoms with Crippen LogP contribution in [0.4, 0.5) is 5.69 Å². The fourth-order valence-electron chi connectivity index (χ4n) is 1.53. The van der Waals surface area contributed by atoms with Crippen molar-refractivity contribution < 1.29 is 4.92 Å². The van der Waals surface area contributed by atoms with Gasteiger partial charge in [0.15, 0.2) is 0 Å². The fraction of sp³-hybridized carbons (Fsp3) is 0.500. The molecule has 0 amide bonds. The van der Waals surface area contributed by atoms with Crippen LogP contribution in [0, 0.1) is 23.0 Å². The van der Waals surface area contributed by atoms with Crippen molar-refractivity contribution in [2.45, 2.75) is 47.0 Å². The Labute approximate surface area is 116 Å². The summed E-state index contributed by atoms with van der Waals surface area (Å²) in [6, 6.07) is 4.71. The van der Waals surface area contributed by atoms with E-state index in [-0.39, 0.29) is 5.69 Å². The number of nitro benzene ring substituents is 1. The zero-order chi connectivity index (χ0) is 14.8. The first kappa shape index (κ1) is 17.4. The van der Waals surface area contributed by atoms with Gasteiger partial charge in [0, 0.05) is 12.1 Å². The van der Waals surface area contributed by atoms with E-state index in [1.165, 1.54) is 31.4 Å². The zero-order valence-corrected chi connectivity index (χ0v) is 12.5. The van der Waals surface area contributed by atoms with Crippen LogP contribution in [0.3, 0.4) is 0 Å². The first-order valence-electron chi connectivity index (χ1n) is 6.96. The predicted molar refractivity (Wildman–Crippen MR) is 82.3 cm³/mol. The molecular weight excluding hydrogens is 238 g/mol. The summed E-state index contributed by atoms with van der Waals surface area (Å²) in [5.74, 6) is 1.13. The molecule has 3 nitrogen and oxygen atoms in total. The Bertz CT molecular complexity index is 409. The molecule has 3 heteroatoms. The standard InChI is InChI=1S/C9H9NO2.C5H10.C2H6/c1-3-8-4-5-9(10(11)12)6-7(8)2;1-2-5-3-4-5;1-2/h3-6H,1H2,2H3;5H,2-4H2,1H3;1-2H3. The van der Waals surface area contributed by atoms with Gasteiger partial charge in [-0.15, -0.1) is 0 Å². The number of non-ortho nitro benzene ring substituents is 1. The van der Waals surface area contributed by atoms with Crippen molar-refractivity contribution in [2.24, 2.45) is 5.92 Å². The molecule has 1 saturated carbocycles. The normalized spacial score (nSPS) is 12.4. The Morgan fingerprint density at radius 3 is 2.26 bits per heavy atom. The Balaban J connectivity index is 0.000000383. The molecule has 1 aliphatic carbocycles. The Morgan fingerprint density at radius 2 is 2.00 bits per heavy atom. The van der Waals surface area contributed by atoms with Gasteiger partial charge in [0.2, 0.25) is 0 Å². The van der Waals surface area contributed by atoms with Crippen LogP contribution in [-0.4, -0.2) is 4.92 Å². The second kappa shape index (κ2) is 9.31. The van der Waals surface area contributed by atoms with Crippen LogP contribution >= 0.6 is 0 Å². The van der Waals surface area contributed by atoms with E-state index in [2.05, 4.69) is 13.5 Å². The van der Waals surface area contributed by atoms with Crippen LogP contribution in [0.1, 0.15) is 51.2 Å². The molecule has 1 aliphatic rings. The summed E-state index contributed by atoms with van der Waals surface area (Å²) < 4.78 is 0. The number of nitrogens with zero attached hydrogens (tertiary/aromatic N) is 1. The summed E-state index contributed by atoms with van der Waals surface area (Å²) >= 11 is 0. The van der Waals surface area contributed by atoms with E-state index in [1.807, 2.05) is 20.8 Å². The smallest absolute Gasteiger partial charge is 0.258 e. The molecule has 106 valence electrons. The molecule has 0 radical (unpaired) electrons. The van der Waals surface area contributed by atoms with Crippen LogP contribution in [0.15, 0.2) is 24.8 Å². The molecule has 1 aromatic carbocycles. The van der Waals surface area contributed by atoms with Crippen molar-refractivity contribution in [3.63, 3.8) is 0 Å². The highest BCUT2D eigenvalue weighted by atomic mass is 16.6. The molecular formula is C16H25NO2. The maximum absolute atomic E-state index is 10.3. The lowest BCUT2D eigenvalue weighted by Crippen LogP contribution is -1.89. The van der Waals surface area contributed by atoms with Crippen LogP contribution < -0.4 is 0 Å². The highest BCUT2D eigenvalue weighted by molar-refractivity contribution is 5.54. The van der Waals surface area contributed by atoms with Gasteiger partial charge in [-0.1, -0.05) is 52.7 Å². The molecule has 0 saturated heterocycles. The first-order valence-corrected chi connectivity index (χ1v) is 6.96. The van der Waals surface area contributed by atoms with E-state index >= 15 is 0 Å². The van der Waals surface area contributed by atoms with Crippen molar-refractivity contribution in [3.8, 4) is 0 Å². The van der Waals surface area contributed by atoms with Crippen molar-refractivity contribution in [3.05, 3.63) is 46.0 Å². The van der Waals surface area contributed by atoms with E-state index in [0.29, 0.717) is 0 Å². The van der Waals surface area contributed by atoms with Crippen molar-refractivity contribution >= 4 is 11.8 Å². The van der Waals surface area contributed by atoms with Gasteiger partial charge < -0.3 is 0 Å². The monoisotopic (exact) mass is 263 g/mol. The SMILES string of the molecule is C=Cc1ccc([N+](=O)[O-])cc1C.CC.CCC1CC1. The molecule has 1 fully saturated rings. The molecule has 0 spiro atoms. The first-order chi connectivity index (χ1) is 9.08. The number of aryl methyl sites for hydroxylation is 1. The largest absolute Gasteiger partial charge is 0.269 e. The van der Waals surface area contributed by atoms with E-state index in [4.69, 9.17) is 0 Å². The number of benzene rings is 1. The Kier molecular flexibility index (Phi) is 8.51. The number of nitro groups is 1. The van der Waals surface area contributed by atoms with Crippen molar-refractivity contribution in [1.29, 1.82) is 0 Å². The molecule has 0 heterocycles. The maximum atomic E-state index is 10.3. The predicted octanol–water partition coefficient (Wildman–Crippen LogP) is 5.38. The summed E-state index contributed by atoms with van der Waals surface area (Å²) in [5.41, 5.74) is 1.93. The van der Waals surface area contributed by atoms with Crippen molar-refractivity contribution in [1.82, 2.24) is 0 Å². The minimum absolute atomic E-state index is 0.123. The maximum Gasteiger partial charge on any atom is 0.269 e. The second-order valence-electron chi connectivity index (χ2n) is 4.35. The lowest BCUT2D eigenvalue weighted by Gasteiger charge is -1.98. The van der Waals surface area contributed by atoms with Crippen LogP contribution in [0.2, 0.25) is 0 Å². The van der Waals surface area contributed by atoms with Gasteiger partial charge in [-0.3, -0.25) is 10.1 Å².